The van der Waals surface area contributed by atoms with Crippen LogP contribution in [0.15, 0.2) is 53.9 Å². The number of hydrogen-bond acceptors (Lipinski definition) is 5. The van der Waals surface area contributed by atoms with Crippen molar-refractivity contribution < 1.29 is 14.3 Å². The fourth-order valence-electron chi connectivity index (χ4n) is 2.50. The maximum atomic E-state index is 12.2. The highest BCUT2D eigenvalue weighted by Crippen LogP contribution is 2.29. The molecule has 0 unspecified atom stereocenters. The summed E-state index contributed by atoms with van der Waals surface area (Å²) in [4.78, 5) is 30.3. The Labute approximate surface area is 166 Å². The Balaban J connectivity index is 1.74. The lowest BCUT2D eigenvalue weighted by Crippen LogP contribution is -2.22. The predicted octanol–water partition coefficient (Wildman–Crippen LogP) is 5.15. The van der Waals surface area contributed by atoms with E-state index in [2.05, 4.69) is 4.98 Å². The molecule has 5 nitrogen and oxygen atoms in total. The summed E-state index contributed by atoms with van der Waals surface area (Å²) in [5.41, 5.74) is 2.66. The second-order valence-corrected chi connectivity index (χ2v) is 7.11. The fourth-order valence-corrected chi connectivity index (χ4v) is 3.59. The van der Waals surface area contributed by atoms with E-state index >= 15 is 0 Å². The summed E-state index contributed by atoms with van der Waals surface area (Å²) in [7, 11) is 0. The van der Waals surface area contributed by atoms with Crippen molar-refractivity contribution in [2.75, 3.05) is 4.90 Å². The second kappa shape index (κ2) is 8.33. The van der Waals surface area contributed by atoms with Gasteiger partial charge in [0.2, 0.25) is 5.91 Å². The Bertz CT molecular complexity index is 987. The number of thiazole rings is 1. The summed E-state index contributed by atoms with van der Waals surface area (Å²) < 4.78 is 5.29. The molecular formula is C20H17ClN2O3S. The van der Waals surface area contributed by atoms with Gasteiger partial charge in [0.1, 0.15) is 6.61 Å². The molecule has 0 spiro atoms. The van der Waals surface area contributed by atoms with Gasteiger partial charge in [-0.25, -0.2) is 9.78 Å². The molecule has 0 aliphatic rings. The van der Waals surface area contributed by atoms with E-state index in [9.17, 15) is 9.59 Å². The maximum Gasteiger partial charge on any atom is 0.340 e. The summed E-state index contributed by atoms with van der Waals surface area (Å²) in [6.45, 7) is 3.45. The van der Waals surface area contributed by atoms with E-state index in [1.54, 1.807) is 29.6 Å². The largest absolute Gasteiger partial charge is 0.456 e. The molecule has 3 aromatic rings. The predicted molar refractivity (Wildman–Crippen MR) is 107 cm³/mol. The van der Waals surface area contributed by atoms with Gasteiger partial charge in [0.15, 0.2) is 5.13 Å². The molecule has 0 saturated carbocycles. The molecule has 1 aromatic heterocycles. The van der Waals surface area contributed by atoms with Gasteiger partial charge >= 0.3 is 5.97 Å². The van der Waals surface area contributed by atoms with E-state index in [0.29, 0.717) is 21.4 Å². The highest BCUT2D eigenvalue weighted by atomic mass is 35.5. The summed E-state index contributed by atoms with van der Waals surface area (Å²) in [5, 5.41) is 2.63. The number of esters is 1. The molecule has 7 heteroatoms. The zero-order valence-electron chi connectivity index (χ0n) is 14.8. The number of aromatic nitrogens is 1. The Morgan fingerprint density at radius 1 is 1.19 bits per heavy atom. The Morgan fingerprint density at radius 3 is 2.67 bits per heavy atom. The molecule has 0 fully saturated rings. The third-order valence-electron chi connectivity index (χ3n) is 3.75. The van der Waals surface area contributed by atoms with E-state index in [1.165, 1.54) is 23.2 Å². The monoisotopic (exact) mass is 400 g/mol. The van der Waals surface area contributed by atoms with E-state index < -0.39 is 5.97 Å². The van der Waals surface area contributed by atoms with Gasteiger partial charge in [-0.05, 0) is 36.8 Å². The van der Waals surface area contributed by atoms with Crippen molar-refractivity contribution in [2.45, 2.75) is 20.5 Å². The van der Waals surface area contributed by atoms with Crippen LogP contribution in [0.4, 0.5) is 10.8 Å². The molecule has 1 heterocycles. The molecule has 0 radical (unpaired) electrons. The van der Waals surface area contributed by atoms with Crippen molar-refractivity contribution in [2.24, 2.45) is 0 Å². The Hall–Kier alpha value is -2.70. The molecule has 0 aliphatic carbocycles. The zero-order chi connectivity index (χ0) is 19.4. The molecule has 0 aliphatic heterocycles. The van der Waals surface area contributed by atoms with Gasteiger partial charge in [-0.3, -0.25) is 9.69 Å². The number of halogens is 1. The molecule has 0 atom stereocenters. The Morgan fingerprint density at radius 2 is 1.96 bits per heavy atom. The molecule has 2 aromatic carbocycles. The first-order valence-corrected chi connectivity index (χ1v) is 9.45. The zero-order valence-corrected chi connectivity index (χ0v) is 16.4. The van der Waals surface area contributed by atoms with Crippen LogP contribution in [0, 0.1) is 6.92 Å². The first kappa shape index (κ1) is 19.1. The van der Waals surface area contributed by atoms with Gasteiger partial charge in [-0.15, -0.1) is 11.3 Å². The molecule has 3 rings (SSSR count). The van der Waals surface area contributed by atoms with Crippen LogP contribution < -0.4 is 4.90 Å². The van der Waals surface area contributed by atoms with Crippen molar-refractivity contribution in [3.63, 3.8) is 0 Å². The van der Waals surface area contributed by atoms with E-state index in [-0.39, 0.29) is 12.5 Å². The normalized spacial score (nSPS) is 10.5. The van der Waals surface area contributed by atoms with Crippen molar-refractivity contribution in [1.29, 1.82) is 0 Å². The standard InChI is InChI=1S/C20H17ClN2O3S/c1-13-6-5-7-16(10-13)23(14(2)24)20-22-15(12-27-20)11-26-19(25)17-8-3-4-9-18(17)21/h3-10,12H,11H2,1-2H3. The number of hydrogen-bond donors (Lipinski definition) is 0. The van der Waals surface area contributed by atoms with Crippen LogP contribution >= 0.6 is 22.9 Å². The number of ether oxygens (including phenoxy) is 1. The molecule has 0 N–H and O–H groups in total. The lowest BCUT2D eigenvalue weighted by Gasteiger charge is -2.18. The van der Waals surface area contributed by atoms with Gasteiger partial charge in [-0.1, -0.05) is 35.9 Å². The van der Waals surface area contributed by atoms with E-state index in [4.69, 9.17) is 16.3 Å². The highest BCUT2D eigenvalue weighted by molar-refractivity contribution is 7.14. The number of nitrogens with zero attached hydrogens (tertiary/aromatic N) is 2. The van der Waals surface area contributed by atoms with Crippen molar-refractivity contribution in [1.82, 2.24) is 4.98 Å². The van der Waals surface area contributed by atoms with Crippen LogP contribution in [-0.4, -0.2) is 16.9 Å². The minimum atomic E-state index is -0.516. The number of carbonyl (C=O) groups excluding carboxylic acids is 2. The molecule has 138 valence electrons. The molecule has 1 amide bonds. The third-order valence-corrected chi connectivity index (χ3v) is 4.95. The average molecular weight is 401 g/mol. The fraction of sp³-hybridized carbons (Fsp3) is 0.150. The van der Waals surface area contributed by atoms with Gasteiger partial charge in [-0.2, -0.15) is 0 Å². The van der Waals surface area contributed by atoms with Gasteiger partial charge in [0.25, 0.3) is 0 Å². The Kier molecular flexibility index (Phi) is 5.88. The van der Waals surface area contributed by atoms with Crippen molar-refractivity contribution in [3.8, 4) is 0 Å². The van der Waals surface area contributed by atoms with Crippen molar-refractivity contribution >= 4 is 45.6 Å². The van der Waals surface area contributed by atoms with Crippen LogP contribution in [0.1, 0.15) is 28.5 Å². The summed E-state index contributed by atoms with van der Waals surface area (Å²) in [6, 6.07) is 14.3. The van der Waals surface area contributed by atoms with Gasteiger partial charge in [0, 0.05) is 12.3 Å². The molecule has 0 bridgehead atoms. The minimum absolute atomic E-state index is 0.000118. The third kappa shape index (κ3) is 4.53. The van der Waals surface area contributed by atoms with E-state index in [0.717, 1.165) is 11.3 Å². The number of anilines is 2. The van der Waals surface area contributed by atoms with Crippen LogP contribution in [0.3, 0.4) is 0 Å². The van der Waals surface area contributed by atoms with Crippen LogP contribution in [0.5, 0.6) is 0 Å². The summed E-state index contributed by atoms with van der Waals surface area (Å²) >= 11 is 7.32. The van der Waals surface area contributed by atoms with Gasteiger partial charge < -0.3 is 4.74 Å². The first-order chi connectivity index (χ1) is 13.0. The topological polar surface area (TPSA) is 59.5 Å². The number of benzene rings is 2. The highest BCUT2D eigenvalue weighted by Gasteiger charge is 2.19. The average Bonchev–Trinajstić information content (AvgIpc) is 3.08. The second-order valence-electron chi connectivity index (χ2n) is 5.87. The number of carbonyl (C=O) groups is 2. The lowest BCUT2D eigenvalue weighted by atomic mass is 10.2. The lowest BCUT2D eigenvalue weighted by molar-refractivity contribution is -0.115. The summed E-state index contributed by atoms with van der Waals surface area (Å²) in [5.74, 6) is -0.660. The number of amides is 1. The minimum Gasteiger partial charge on any atom is -0.456 e. The van der Waals surface area contributed by atoms with Gasteiger partial charge in [0.05, 0.1) is 22.0 Å². The van der Waals surface area contributed by atoms with Crippen molar-refractivity contribution in [3.05, 3.63) is 75.8 Å². The molecule has 0 saturated heterocycles. The quantitative estimate of drug-likeness (QED) is 0.556. The number of aryl methyl sites for hydroxylation is 1. The van der Waals surface area contributed by atoms with Crippen LogP contribution in [0.25, 0.3) is 0 Å². The number of rotatable bonds is 5. The maximum absolute atomic E-state index is 12.2. The first-order valence-electron chi connectivity index (χ1n) is 8.19. The SMILES string of the molecule is CC(=O)N(c1cccc(C)c1)c1nc(COC(=O)c2ccccc2Cl)cs1. The summed E-state index contributed by atoms with van der Waals surface area (Å²) in [6.07, 6.45) is 0. The van der Waals surface area contributed by atoms with Crippen LogP contribution in [0.2, 0.25) is 5.02 Å². The molecule has 27 heavy (non-hydrogen) atoms. The smallest absolute Gasteiger partial charge is 0.340 e. The van der Waals surface area contributed by atoms with Crippen LogP contribution in [-0.2, 0) is 16.1 Å². The molecular weight excluding hydrogens is 384 g/mol. The van der Waals surface area contributed by atoms with E-state index in [1.807, 2.05) is 31.2 Å².